The molecule has 2 aliphatic rings. The van der Waals surface area contributed by atoms with Crippen LogP contribution in [-0.4, -0.2) is 32.9 Å². The predicted octanol–water partition coefficient (Wildman–Crippen LogP) is 0.822. The van der Waals surface area contributed by atoms with Gasteiger partial charge in [0.25, 0.3) is 10.0 Å². The second kappa shape index (κ2) is 4.54. The van der Waals surface area contributed by atoms with E-state index in [0.29, 0.717) is 5.17 Å². The summed E-state index contributed by atoms with van der Waals surface area (Å²) in [5.41, 5.74) is 0.791. The first-order chi connectivity index (χ1) is 8.97. The van der Waals surface area contributed by atoms with Crippen LogP contribution in [-0.2, 0) is 10.0 Å². The highest BCUT2D eigenvalue weighted by Gasteiger charge is 2.43. The van der Waals surface area contributed by atoms with Crippen LogP contribution in [0.4, 0.5) is 0 Å². The fraction of sp³-hybridized carbons (Fsp3) is 0.222. The Balaban J connectivity index is 1.91. The van der Waals surface area contributed by atoms with E-state index in [0.717, 1.165) is 17.5 Å². The lowest BCUT2D eigenvalue weighted by Gasteiger charge is -2.16. The van der Waals surface area contributed by atoms with Gasteiger partial charge in [0, 0.05) is 6.20 Å². The van der Waals surface area contributed by atoms with Gasteiger partial charge >= 0.3 is 0 Å². The number of halogens is 1. The van der Waals surface area contributed by atoms with Gasteiger partial charge in [0.05, 0.1) is 5.69 Å². The molecule has 0 aromatic carbocycles. The summed E-state index contributed by atoms with van der Waals surface area (Å²) in [6.45, 7) is 0. The minimum absolute atomic E-state index is 0.143. The number of hydrazone groups is 1. The molecule has 10 heteroatoms. The van der Waals surface area contributed by atoms with Crippen molar-refractivity contribution in [3.63, 3.8) is 0 Å². The number of aromatic nitrogens is 1. The second-order valence-corrected chi connectivity index (χ2v) is 7.47. The number of sulfonamides is 1. The minimum atomic E-state index is -3.80. The fourth-order valence-corrected chi connectivity index (χ4v) is 4.11. The zero-order valence-corrected chi connectivity index (χ0v) is 12.6. The molecule has 0 radical (unpaired) electrons. The largest absolute Gasteiger partial charge is 0.264 e. The average molecular weight is 362 g/mol. The molecule has 0 bridgehead atoms. The van der Waals surface area contributed by atoms with Gasteiger partial charge in [-0.15, -0.1) is 5.10 Å². The van der Waals surface area contributed by atoms with Crippen LogP contribution in [0, 0.1) is 0 Å². The van der Waals surface area contributed by atoms with Crippen LogP contribution in [0.1, 0.15) is 11.7 Å². The van der Waals surface area contributed by atoms with Crippen molar-refractivity contribution in [2.45, 2.75) is 11.0 Å². The third-order valence-corrected chi connectivity index (χ3v) is 5.68. The van der Waals surface area contributed by atoms with Crippen molar-refractivity contribution in [1.82, 2.24) is 9.99 Å². The number of rotatable bonds is 1. The molecule has 3 heterocycles. The minimum Gasteiger partial charge on any atom is -0.259 e. The van der Waals surface area contributed by atoms with Gasteiger partial charge < -0.3 is 0 Å². The van der Waals surface area contributed by atoms with E-state index < -0.39 is 10.0 Å². The van der Waals surface area contributed by atoms with Crippen molar-refractivity contribution in [3.05, 3.63) is 30.1 Å². The van der Waals surface area contributed by atoms with Crippen LogP contribution in [0.3, 0.4) is 0 Å². The molecule has 19 heavy (non-hydrogen) atoms. The van der Waals surface area contributed by atoms with E-state index in [1.54, 1.807) is 6.20 Å². The van der Waals surface area contributed by atoms with Gasteiger partial charge in [0.2, 0.25) is 4.38 Å². The Morgan fingerprint density at radius 3 is 2.79 bits per heavy atom. The average Bonchev–Trinajstić information content (AvgIpc) is 2.90. The topological polar surface area (TPSA) is 101 Å². The number of fused-ring (bicyclic) bond motifs is 1. The maximum absolute atomic E-state index is 11.2. The molecule has 2 unspecified atom stereocenters. The number of thioether (sulfide) groups is 1. The van der Waals surface area contributed by atoms with E-state index in [4.69, 9.17) is 5.14 Å². The molecule has 3 rings (SSSR count). The highest BCUT2D eigenvalue weighted by atomic mass is 79.9. The summed E-state index contributed by atoms with van der Waals surface area (Å²) < 4.78 is 22.3. The molecular weight excluding hydrogens is 354 g/mol. The van der Waals surface area contributed by atoms with Crippen LogP contribution < -0.4 is 5.14 Å². The number of hydrogen-bond donors (Lipinski definition) is 1. The van der Waals surface area contributed by atoms with Crippen LogP contribution in [0.2, 0.25) is 0 Å². The lowest BCUT2D eigenvalue weighted by Crippen LogP contribution is -2.25. The van der Waals surface area contributed by atoms with Crippen molar-refractivity contribution < 1.29 is 8.42 Å². The molecule has 0 fully saturated rings. The van der Waals surface area contributed by atoms with Crippen molar-refractivity contribution in [1.29, 1.82) is 0 Å². The summed E-state index contributed by atoms with van der Waals surface area (Å²) >= 11 is 4.40. The molecule has 0 amide bonds. The van der Waals surface area contributed by atoms with Gasteiger partial charge in [-0.25, -0.2) is 23.6 Å². The molecule has 1 aromatic rings. The Bertz CT molecular complexity index is 675. The molecule has 0 spiro atoms. The van der Waals surface area contributed by atoms with Crippen LogP contribution >= 0.6 is 27.7 Å². The van der Waals surface area contributed by atoms with E-state index in [-0.39, 0.29) is 15.4 Å². The van der Waals surface area contributed by atoms with Gasteiger partial charge in [0.15, 0.2) is 5.17 Å². The third kappa shape index (κ3) is 2.29. The number of alkyl halides is 1. The van der Waals surface area contributed by atoms with Gasteiger partial charge in [0.1, 0.15) is 11.0 Å². The van der Waals surface area contributed by atoms with E-state index in [9.17, 15) is 8.42 Å². The summed E-state index contributed by atoms with van der Waals surface area (Å²) in [6.07, 6.45) is 1.69. The first-order valence-corrected chi connectivity index (χ1v) is 8.46. The van der Waals surface area contributed by atoms with Crippen LogP contribution in [0.25, 0.3) is 0 Å². The summed E-state index contributed by atoms with van der Waals surface area (Å²) in [7, 11) is -3.80. The summed E-state index contributed by atoms with van der Waals surface area (Å²) in [5, 5.41) is 11.0. The van der Waals surface area contributed by atoms with E-state index in [1.807, 2.05) is 18.2 Å². The van der Waals surface area contributed by atoms with Crippen molar-refractivity contribution >= 4 is 47.3 Å². The molecule has 2 atom stereocenters. The Hall–Kier alpha value is -0.970. The molecular formula is C9H8BrN5O2S2. The molecule has 1 aromatic heterocycles. The lowest BCUT2D eigenvalue weighted by atomic mass is 10.2. The zero-order chi connectivity index (χ0) is 13.6. The highest BCUT2D eigenvalue weighted by molar-refractivity contribution is 9.09. The molecule has 0 saturated carbocycles. The molecule has 2 aliphatic heterocycles. The number of nitrogens with two attached hydrogens (primary N) is 1. The summed E-state index contributed by atoms with van der Waals surface area (Å²) in [4.78, 5) is 8.39. The van der Waals surface area contributed by atoms with Gasteiger partial charge in [-0.3, -0.25) is 4.98 Å². The van der Waals surface area contributed by atoms with Crippen LogP contribution in [0.15, 0.2) is 34.5 Å². The second-order valence-electron chi connectivity index (χ2n) is 3.84. The molecule has 0 saturated heterocycles. The van der Waals surface area contributed by atoms with Crippen LogP contribution in [0.5, 0.6) is 0 Å². The van der Waals surface area contributed by atoms with Crippen molar-refractivity contribution in [2.75, 3.05) is 0 Å². The first kappa shape index (κ1) is 13.0. The fourth-order valence-electron chi connectivity index (χ4n) is 1.71. The third-order valence-electron chi connectivity index (χ3n) is 2.54. The predicted molar refractivity (Wildman–Crippen MR) is 77.1 cm³/mol. The molecule has 7 nitrogen and oxygen atoms in total. The standard InChI is InChI=1S/C9H8BrN5O2S2/c10-7-6(5-3-1-2-4-12-5)13-8-15(7)14-9(18-8)19(11,16)17/h1-4,6-7H,(H2,11,16,17). The van der Waals surface area contributed by atoms with E-state index in [1.165, 1.54) is 5.01 Å². The van der Waals surface area contributed by atoms with Gasteiger partial charge in [-0.1, -0.05) is 22.0 Å². The van der Waals surface area contributed by atoms with Gasteiger partial charge in [-0.05, 0) is 23.9 Å². The summed E-state index contributed by atoms with van der Waals surface area (Å²) in [6, 6.07) is 5.33. The number of pyridine rings is 1. The maximum atomic E-state index is 11.2. The number of amidine groups is 1. The van der Waals surface area contributed by atoms with E-state index in [2.05, 4.69) is 31.0 Å². The zero-order valence-electron chi connectivity index (χ0n) is 9.34. The van der Waals surface area contributed by atoms with E-state index >= 15 is 0 Å². The van der Waals surface area contributed by atoms with Gasteiger partial charge in [-0.2, -0.15) is 0 Å². The van der Waals surface area contributed by atoms with Crippen molar-refractivity contribution in [2.24, 2.45) is 15.2 Å². The van der Waals surface area contributed by atoms with Crippen molar-refractivity contribution in [3.8, 4) is 0 Å². The number of primary sulfonamides is 1. The Labute approximate surface area is 122 Å². The molecule has 100 valence electrons. The first-order valence-electron chi connectivity index (χ1n) is 5.18. The Morgan fingerprint density at radius 2 is 2.21 bits per heavy atom. The normalized spacial score (nSPS) is 26.1. The molecule has 0 aliphatic carbocycles. The quantitative estimate of drug-likeness (QED) is 0.589. The monoisotopic (exact) mass is 361 g/mol. The number of aliphatic imine (C=N–C) groups is 1. The summed E-state index contributed by atoms with van der Waals surface area (Å²) in [5.74, 6) is 0. The Morgan fingerprint density at radius 1 is 1.42 bits per heavy atom. The smallest absolute Gasteiger partial charge is 0.259 e. The Kier molecular flexibility index (Phi) is 3.12. The highest BCUT2D eigenvalue weighted by Crippen LogP contribution is 2.40. The maximum Gasteiger partial charge on any atom is 0.264 e. The number of nitrogens with zero attached hydrogens (tertiary/aromatic N) is 4. The lowest BCUT2D eigenvalue weighted by molar-refractivity contribution is 0.429. The molecule has 2 N–H and O–H groups in total. The number of hydrogen-bond acceptors (Lipinski definition) is 7. The SMILES string of the molecule is NS(=O)(=O)C1=NN2C(=NC(c3ccccn3)C2Br)S1.